The third-order valence-corrected chi connectivity index (χ3v) is 5.53. The van der Waals surface area contributed by atoms with E-state index in [0.717, 1.165) is 11.1 Å². The Morgan fingerprint density at radius 2 is 1.60 bits per heavy atom. The van der Waals surface area contributed by atoms with E-state index >= 15 is 0 Å². The molecule has 0 radical (unpaired) electrons. The molecule has 8 heteroatoms. The topological polar surface area (TPSA) is 116 Å². The lowest BCUT2D eigenvalue weighted by atomic mass is 9.87. The molecule has 0 saturated carbocycles. The smallest absolute Gasteiger partial charge is 0.338 e. The Kier molecular flexibility index (Phi) is 7.39. The molecule has 1 atom stereocenters. The van der Waals surface area contributed by atoms with Crippen molar-refractivity contribution in [3.63, 3.8) is 0 Å². The second-order valence-corrected chi connectivity index (χ2v) is 9.67. The largest absolute Gasteiger partial charge is 0.449 e. The van der Waals surface area contributed by atoms with E-state index < -0.39 is 28.0 Å². The summed E-state index contributed by atoms with van der Waals surface area (Å²) in [5.74, 6) is -0.965. The Morgan fingerprint density at radius 1 is 1.03 bits per heavy atom. The van der Waals surface area contributed by atoms with Crippen LogP contribution >= 0.6 is 0 Å². The first-order chi connectivity index (χ1) is 13.9. The van der Waals surface area contributed by atoms with Crippen molar-refractivity contribution in [1.29, 1.82) is 0 Å². The summed E-state index contributed by atoms with van der Waals surface area (Å²) < 4.78 is 27.8. The first-order valence-corrected chi connectivity index (χ1v) is 11.1. The zero-order valence-electron chi connectivity index (χ0n) is 17.6. The fourth-order valence-corrected chi connectivity index (χ4v) is 3.22. The number of esters is 1. The fraction of sp³-hybridized carbons (Fsp3) is 0.364. The Bertz CT molecular complexity index is 991. The van der Waals surface area contributed by atoms with Crippen LogP contribution in [0.4, 0.5) is 0 Å². The SMILES string of the molecule is CC(OC(=O)c1ccc(C(C)(C)C)cc1)C(=O)NCCc1ccc(S(N)(=O)=O)cc1. The van der Waals surface area contributed by atoms with Crippen LogP contribution in [0.5, 0.6) is 0 Å². The van der Waals surface area contributed by atoms with Gasteiger partial charge in [0.25, 0.3) is 5.91 Å². The van der Waals surface area contributed by atoms with Gasteiger partial charge in [-0.1, -0.05) is 45.0 Å². The highest BCUT2D eigenvalue weighted by Gasteiger charge is 2.20. The molecule has 7 nitrogen and oxygen atoms in total. The average molecular weight is 433 g/mol. The monoisotopic (exact) mass is 432 g/mol. The van der Waals surface area contributed by atoms with Crippen molar-refractivity contribution < 1.29 is 22.7 Å². The molecular weight excluding hydrogens is 404 g/mol. The molecule has 0 spiro atoms. The number of hydrogen-bond donors (Lipinski definition) is 2. The highest BCUT2D eigenvalue weighted by Crippen LogP contribution is 2.22. The highest BCUT2D eigenvalue weighted by molar-refractivity contribution is 7.89. The summed E-state index contributed by atoms with van der Waals surface area (Å²) in [5, 5.41) is 7.76. The van der Waals surface area contributed by atoms with E-state index in [1.165, 1.54) is 19.1 Å². The van der Waals surface area contributed by atoms with Gasteiger partial charge in [0.05, 0.1) is 10.5 Å². The molecule has 0 aliphatic carbocycles. The van der Waals surface area contributed by atoms with Gasteiger partial charge in [-0.25, -0.2) is 18.4 Å². The van der Waals surface area contributed by atoms with Gasteiger partial charge in [-0.15, -0.1) is 0 Å². The Morgan fingerprint density at radius 3 is 2.10 bits per heavy atom. The fourth-order valence-electron chi connectivity index (χ4n) is 2.71. The number of hydrogen-bond acceptors (Lipinski definition) is 5. The van der Waals surface area contributed by atoms with E-state index in [0.29, 0.717) is 18.5 Å². The second-order valence-electron chi connectivity index (χ2n) is 8.10. The zero-order valence-corrected chi connectivity index (χ0v) is 18.5. The van der Waals surface area contributed by atoms with Crippen molar-refractivity contribution >= 4 is 21.9 Å². The van der Waals surface area contributed by atoms with Gasteiger partial charge in [0.1, 0.15) is 0 Å². The molecule has 0 fully saturated rings. The third-order valence-electron chi connectivity index (χ3n) is 4.60. The van der Waals surface area contributed by atoms with Crippen LogP contribution in [0.1, 0.15) is 49.2 Å². The van der Waals surface area contributed by atoms with Crippen LogP contribution in [-0.2, 0) is 31.4 Å². The lowest BCUT2D eigenvalue weighted by Crippen LogP contribution is -2.36. The maximum absolute atomic E-state index is 12.3. The van der Waals surface area contributed by atoms with Crippen molar-refractivity contribution in [3.05, 3.63) is 65.2 Å². The number of ether oxygens (including phenoxy) is 1. The molecule has 0 aromatic heterocycles. The van der Waals surface area contributed by atoms with Crippen LogP contribution in [0.25, 0.3) is 0 Å². The summed E-state index contributed by atoms with van der Waals surface area (Å²) in [5.41, 5.74) is 2.31. The lowest BCUT2D eigenvalue weighted by Gasteiger charge is -2.19. The number of carbonyl (C=O) groups excluding carboxylic acids is 2. The number of rotatable bonds is 7. The van der Waals surface area contributed by atoms with Gasteiger partial charge in [0, 0.05) is 6.54 Å². The van der Waals surface area contributed by atoms with Crippen LogP contribution in [0.3, 0.4) is 0 Å². The number of primary sulfonamides is 1. The first kappa shape index (κ1) is 23.6. The van der Waals surface area contributed by atoms with E-state index in [2.05, 4.69) is 26.1 Å². The normalized spacial score (nSPS) is 12.8. The molecule has 2 aromatic carbocycles. The zero-order chi connectivity index (χ0) is 22.5. The van der Waals surface area contributed by atoms with E-state index in [-0.39, 0.29) is 10.3 Å². The molecule has 0 bridgehead atoms. The quantitative estimate of drug-likeness (QED) is 0.652. The van der Waals surface area contributed by atoms with Crippen molar-refractivity contribution in [1.82, 2.24) is 5.32 Å². The number of amides is 1. The lowest BCUT2D eigenvalue weighted by molar-refractivity contribution is -0.129. The summed E-state index contributed by atoms with van der Waals surface area (Å²) in [6, 6.07) is 13.2. The number of benzene rings is 2. The van der Waals surface area contributed by atoms with Crippen molar-refractivity contribution in [2.45, 2.75) is 50.5 Å². The van der Waals surface area contributed by atoms with Gasteiger partial charge >= 0.3 is 5.97 Å². The minimum atomic E-state index is -3.73. The average Bonchev–Trinajstić information content (AvgIpc) is 2.67. The van der Waals surface area contributed by atoms with Crippen LogP contribution in [-0.4, -0.2) is 32.9 Å². The Hall–Kier alpha value is -2.71. The molecule has 0 aliphatic heterocycles. The number of carbonyl (C=O) groups is 2. The molecule has 2 rings (SSSR count). The third kappa shape index (κ3) is 6.67. The van der Waals surface area contributed by atoms with Crippen molar-refractivity contribution in [2.24, 2.45) is 5.14 Å². The Labute approximate surface area is 177 Å². The molecular formula is C22H28N2O5S. The Balaban J connectivity index is 1.83. The number of sulfonamides is 1. The standard InChI is InChI=1S/C22H28N2O5S/c1-15(29-21(26)17-7-9-18(10-8-17)22(2,3)4)20(25)24-14-13-16-5-11-19(12-6-16)30(23,27)28/h5-12,15H,13-14H2,1-4H3,(H,24,25)(H2,23,27,28). The summed E-state index contributed by atoms with van der Waals surface area (Å²) in [4.78, 5) is 24.5. The van der Waals surface area contributed by atoms with E-state index in [9.17, 15) is 18.0 Å². The van der Waals surface area contributed by atoms with Crippen LogP contribution < -0.4 is 10.5 Å². The minimum Gasteiger partial charge on any atom is -0.449 e. The van der Waals surface area contributed by atoms with Gasteiger partial charge in [0.15, 0.2) is 6.10 Å². The molecule has 2 aromatic rings. The summed E-state index contributed by atoms with van der Waals surface area (Å²) in [6.45, 7) is 8.08. The van der Waals surface area contributed by atoms with Gasteiger partial charge in [0.2, 0.25) is 10.0 Å². The van der Waals surface area contributed by atoms with E-state index in [1.807, 2.05) is 12.1 Å². The predicted octanol–water partition coefficient (Wildman–Crippen LogP) is 2.54. The van der Waals surface area contributed by atoms with Crippen molar-refractivity contribution in [3.8, 4) is 0 Å². The molecule has 1 unspecified atom stereocenters. The molecule has 30 heavy (non-hydrogen) atoms. The van der Waals surface area contributed by atoms with E-state index in [4.69, 9.17) is 9.88 Å². The number of nitrogens with one attached hydrogen (secondary N) is 1. The molecule has 1 amide bonds. The maximum Gasteiger partial charge on any atom is 0.338 e. The summed E-state index contributed by atoms with van der Waals surface area (Å²) in [7, 11) is -3.73. The predicted molar refractivity (Wildman–Crippen MR) is 115 cm³/mol. The molecule has 0 heterocycles. The molecule has 0 aliphatic rings. The number of nitrogens with two attached hydrogens (primary N) is 1. The van der Waals surface area contributed by atoms with Crippen LogP contribution in [0, 0.1) is 0 Å². The van der Waals surface area contributed by atoms with Gasteiger partial charge in [-0.3, -0.25) is 4.79 Å². The van der Waals surface area contributed by atoms with Gasteiger partial charge < -0.3 is 10.1 Å². The van der Waals surface area contributed by atoms with Gasteiger partial charge in [-0.05, 0) is 54.2 Å². The van der Waals surface area contributed by atoms with Crippen molar-refractivity contribution in [2.75, 3.05) is 6.54 Å². The van der Waals surface area contributed by atoms with E-state index in [1.54, 1.807) is 24.3 Å². The molecule has 0 saturated heterocycles. The second kappa shape index (κ2) is 9.40. The first-order valence-electron chi connectivity index (χ1n) is 9.59. The molecule has 3 N–H and O–H groups in total. The minimum absolute atomic E-state index is 0.0193. The van der Waals surface area contributed by atoms with Crippen LogP contribution in [0.2, 0.25) is 0 Å². The summed E-state index contributed by atoms with van der Waals surface area (Å²) >= 11 is 0. The summed E-state index contributed by atoms with van der Waals surface area (Å²) in [6.07, 6.45) is -0.449. The van der Waals surface area contributed by atoms with Gasteiger partial charge in [-0.2, -0.15) is 0 Å². The molecule has 162 valence electrons. The highest BCUT2D eigenvalue weighted by atomic mass is 32.2. The maximum atomic E-state index is 12.3. The van der Waals surface area contributed by atoms with Crippen LogP contribution in [0.15, 0.2) is 53.4 Å².